The highest BCUT2D eigenvalue weighted by Crippen LogP contribution is 2.25. The summed E-state index contributed by atoms with van der Waals surface area (Å²) < 4.78 is 3.36. The molecule has 2 heterocycles. The lowest BCUT2D eigenvalue weighted by Gasteiger charge is -2.03. The van der Waals surface area contributed by atoms with E-state index in [0.29, 0.717) is 5.82 Å². The van der Waals surface area contributed by atoms with Crippen LogP contribution in [0.2, 0.25) is 0 Å². The van der Waals surface area contributed by atoms with Gasteiger partial charge in [0.2, 0.25) is 0 Å². The minimum Gasteiger partial charge on any atom is -0.383 e. The third kappa shape index (κ3) is 1.64. The molecule has 0 unspecified atom stereocenters. The molecule has 1 aromatic carbocycles. The first-order valence-corrected chi connectivity index (χ1v) is 5.48. The molecule has 90 valence electrons. The zero-order valence-corrected chi connectivity index (χ0v) is 9.85. The van der Waals surface area contributed by atoms with Crippen molar-refractivity contribution in [2.75, 3.05) is 5.73 Å². The Morgan fingerprint density at radius 2 is 1.89 bits per heavy atom. The van der Waals surface area contributed by atoms with Crippen LogP contribution in [0.1, 0.15) is 0 Å². The molecule has 6 nitrogen and oxygen atoms in total. The van der Waals surface area contributed by atoms with Gasteiger partial charge in [0.15, 0.2) is 0 Å². The number of nitrogens with zero attached hydrogens (tertiary/aromatic N) is 5. The maximum absolute atomic E-state index is 5.94. The topological polar surface area (TPSA) is 74.5 Å². The number of benzene rings is 1. The van der Waals surface area contributed by atoms with Gasteiger partial charge in [-0.2, -0.15) is 10.2 Å². The van der Waals surface area contributed by atoms with E-state index in [0.717, 1.165) is 16.8 Å². The summed E-state index contributed by atoms with van der Waals surface area (Å²) in [4.78, 5) is 3.92. The summed E-state index contributed by atoms with van der Waals surface area (Å²) in [6, 6.07) is 7.92. The Labute approximate surface area is 104 Å². The molecule has 0 fully saturated rings. The Kier molecular flexibility index (Phi) is 2.33. The van der Waals surface area contributed by atoms with Gasteiger partial charge in [0.1, 0.15) is 18.5 Å². The van der Waals surface area contributed by atoms with E-state index < -0.39 is 0 Å². The van der Waals surface area contributed by atoms with Crippen molar-refractivity contribution in [2.24, 2.45) is 7.05 Å². The van der Waals surface area contributed by atoms with Crippen LogP contribution in [0.15, 0.2) is 43.1 Å². The van der Waals surface area contributed by atoms with Crippen LogP contribution in [-0.2, 0) is 7.05 Å². The quantitative estimate of drug-likeness (QED) is 0.731. The third-order valence-electron chi connectivity index (χ3n) is 2.85. The first kappa shape index (κ1) is 10.5. The standard InChI is InChI=1S/C12H12N6/c1-17-12(13)11(6-15-17)9-2-4-10(5-3-9)18-8-14-7-16-18/h2-8H,13H2,1H3. The molecule has 0 atom stereocenters. The molecule has 0 aliphatic rings. The number of rotatable bonds is 2. The molecule has 0 saturated carbocycles. The molecule has 6 heteroatoms. The largest absolute Gasteiger partial charge is 0.383 e. The van der Waals surface area contributed by atoms with Crippen molar-refractivity contribution < 1.29 is 0 Å². The van der Waals surface area contributed by atoms with Crippen molar-refractivity contribution >= 4 is 5.82 Å². The number of nitrogen functional groups attached to an aromatic ring is 1. The summed E-state index contributed by atoms with van der Waals surface area (Å²) in [5.41, 5.74) is 8.86. The van der Waals surface area contributed by atoms with Gasteiger partial charge in [-0.25, -0.2) is 9.67 Å². The van der Waals surface area contributed by atoms with Gasteiger partial charge >= 0.3 is 0 Å². The number of nitrogens with two attached hydrogens (primary N) is 1. The van der Waals surface area contributed by atoms with Crippen molar-refractivity contribution in [1.29, 1.82) is 0 Å². The van der Waals surface area contributed by atoms with E-state index in [1.165, 1.54) is 6.33 Å². The molecule has 0 spiro atoms. The summed E-state index contributed by atoms with van der Waals surface area (Å²) in [6.07, 6.45) is 4.93. The Balaban J connectivity index is 1.99. The van der Waals surface area contributed by atoms with E-state index in [-0.39, 0.29) is 0 Å². The number of aromatic nitrogens is 5. The lowest BCUT2D eigenvalue weighted by atomic mass is 10.1. The SMILES string of the molecule is Cn1ncc(-c2ccc(-n3cncn3)cc2)c1N. The van der Waals surface area contributed by atoms with Crippen LogP contribution in [0.4, 0.5) is 5.82 Å². The highest BCUT2D eigenvalue weighted by atomic mass is 15.3. The molecule has 0 bridgehead atoms. The molecule has 0 saturated heterocycles. The highest BCUT2D eigenvalue weighted by molar-refractivity contribution is 5.73. The third-order valence-corrected chi connectivity index (χ3v) is 2.85. The monoisotopic (exact) mass is 240 g/mol. The zero-order valence-electron chi connectivity index (χ0n) is 9.85. The van der Waals surface area contributed by atoms with Crippen LogP contribution in [0, 0.1) is 0 Å². The van der Waals surface area contributed by atoms with Gasteiger partial charge in [-0.15, -0.1) is 0 Å². The second-order valence-electron chi connectivity index (χ2n) is 3.95. The first-order chi connectivity index (χ1) is 8.75. The lowest BCUT2D eigenvalue weighted by molar-refractivity contribution is 0.779. The van der Waals surface area contributed by atoms with E-state index in [4.69, 9.17) is 5.73 Å². The van der Waals surface area contributed by atoms with E-state index in [1.807, 2.05) is 31.3 Å². The predicted molar refractivity (Wildman–Crippen MR) is 68.0 cm³/mol. The molecule has 0 aliphatic heterocycles. The fraction of sp³-hybridized carbons (Fsp3) is 0.0833. The fourth-order valence-electron chi connectivity index (χ4n) is 1.80. The number of anilines is 1. The summed E-state index contributed by atoms with van der Waals surface area (Å²) in [7, 11) is 1.82. The van der Waals surface area contributed by atoms with Crippen LogP contribution in [-0.4, -0.2) is 24.5 Å². The van der Waals surface area contributed by atoms with E-state index in [1.54, 1.807) is 21.9 Å². The van der Waals surface area contributed by atoms with Crippen LogP contribution < -0.4 is 5.73 Å². The Morgan fingerprint density at radius 3 is 2.44 bits per heavy atom. The summed E-state index contributed by atoms with van der Waals surface area (Å²) in [5.74, 6) is 0.656. The number of aryl methyl sites for hydroxylation is 1. The van der Waals surface area contributed by atoms with Gasteiger partial charge in [0, 0.05) is 12.6 Å². The highest BCUT2D eigenvalue weighted by Gasteiger charge is 2.07. The van der Waals surface area contributed by atoms with Crippen LogP contribution in [0.25, 0.3) is 16.8 Å². The van der Waals surface area contributed by atoms with E-state index >= 15 is 0 Å². The summed E-state index contributed by atoms with van der Waals surface area (Å²) >= 11 is 0. The Hall–Kier alpha value is -2.63. The first-order valence-electron chi connectivity index (χ1n) is 5.48. The van der Waals surface area contributed by atoms with Crippen molar-refractivity contribution in [1.82, 2.24) is 24.5 Å². The second-order valence-corrected chi connectivity index (χ2v) is 3.95. The van der Waals surface area contributed by atoms with Gasteiger partial charge in [0.05, 0.1) is 11.9 Å². The van der Waals surface area contributed by atoms with Gasteiger partial charge in [0.25, 0.3) is 0 Å². The molecule has 0 amide bonds. The van der Waals surface area contributed by atoms with Crippen LogP contribution >= 0.6 is 0 Å². The maximum Gasteiger partial charge on any atom is 0.138 e. The second kappa shape index (κ2) is 3.99. The molecular formula is C12H12N6. The Morgan fingerprint density at radius 1 is 1.11 bits per heavy atom. The van der Waals surface area contributed by atoms with Crippen LogP contribution in [0.5, 0.6) is 0 Å². The smallest absolute Gasteiger partial charge is 0.138 e. The average molecular weight is 240 g/mol. The molecule has 18 heavy (non-hydrogen) atoms. The number of hydrogen-bond acceptors (Lipinski definition) is 4. The van der Waals surface area contributed by atoms with E-state index in [2.05, 4.69) is 15.2 Å². The summed E-state index contributed by atoms with van der Waals surface area (Å²) in [5, 5.41) is 8.20. The predicted octanol–water partition coefficient (Wildman–Crippen LogP) is 1.25. The summed E-state index contributed by atoms with van der Waals surface area (Å²) in [6.45, 7) is 0. The average Bonchev–Trinajstić information content (AvgIpc) is 3.02. The molecule has 3 rings (SSSR count). The fourth-order valence-corrected chi connectivity index (χ4v) is 1.80. The normalized spacial score (nSPS) is 10.7. The van der Waals surface area contributed by atoms with Gasteiger partial charge < -0.3 is 5.73 Å². The van der Waals surface area contributed by atoms with Crippen molar-refractivity contribution in [3.63, 3.8) is 0 Å². The lowest BCUT2D eigenvalue weighted by Crippen LogP contribution is -1.98. The van der Waals surface area contributed by atoms with Crippen molar-refractivity contribution in [3.05, 3.63) is 43.1 Å². The minimum atomic E-state index is 0.656. The molecule has 2 N–H and O–H groups in total. The van der Waals surface area contributed by atoms with Crippen molar-refractivity contribution in [2.45, 2.75) is 0 Å². The van der Waals surface area contributed by atoms with E-state index in [9.17, 15) is 0 Å². The zero-order chi connectivity index (χ0) is 12.5. The van der Waals surface area contributed by atoms with Gasteiger partial charge in [-0.05, 0) is 17.7 Å². The molecular weight excluding hydrogens is 228 g/mol. The molecule has 0 radical (unpaired) electrons. The molecule has 0 aliphatic carbocycles. The van der Waals surface area contributed by atoms with Gasteiger partial charge in [-0.1, -0.05) is 12.1 Å². The number of hydrogen-bond donors (Lipinski definition) is 1. The van der Waals surface area contributed by atoms with Gasteiger partial charge in [-0.3, -0.25) is 4.68 Å². The maximum atomic E-state index is 5.94. The molecule has 2 aromatic heterocycles. The van der Waals surface area contributed by atoms with Crippen LogP contribution in [0.3, 0.4) is 0 Å². The minimum absolute atomic E-state index is 0.656. The Bertz CT molecular complexity index is 650. The van der Waals surface area contributed by atoms with Crippen molar-refractivity contribution in [3.8, 4) is 16.8 Å². The molecule has 3 aromatic rings.